The zero-order chi connectivity index (χ0) is 10.0. The third-order valence-corrected chi connectivity index (χ3v) is 3.11. The SMILES string of the molecule is CC1=C(C)C(C(=O)C(C)CO)CC1. The van der Waals surface area contributed by atoms with E-state index in [0.29, 0.717) is 0 Å². The molecule has 74 valence electrons. The molecule has 0 aliphatic heterocycles. The second kappa shape index (κ2) is 4.05. The highest BCUT2D eigenvalue weighted by atomic mass is 16.3. The summed E-state index contributed by atoms with van der Waals surface area (Å²) < 4.78 is 0. The summed E-state index contributed by atoms with van der Waals surface area (Å²) in [6.45, 7) is 5.89. The Bertz CT molecular complexity index is 240. The molecule has 0 radical (unpaired) electrons. The van der Waals surface area contributed by atoms with Gasteiger partial charge in [-0.2, -0.15) is 0 Å². The molecule has 2 unspecified atom stereocenters. The van der Waals surface area contributed by atoms with E-state index in [1.54, 1.807) is 6.92 Å². The molecule has 0 heterocycles. The summed E-state index contributed by atoms with van der Waals surface area (Å²) in [7, 11) is 0. The van der Waals surface area contributed by atoms with E-state index >= 15 is 0 Å². The largest absolute Gasteiger partial charge is 0.396 e. The van der Waals surface area contributed by atoms with Crippen LogP contribution in [0.3, 0.4) is 0 Å². The number of allylic oxidation sites excluding steroid dienone is 2. The lowest BCUT2D eigenvalue weighted by Crippen LogP contribution is -2.23. The van der Waals surface area contributed by atoms with E-state index in [0.717, 1.165) is 12.8 Å². The average molecular weight is 182 g/mol. The van der Waals surface area contributed by atoms with E-state index in [-0.39, 0.29) is 24.2 Å². The van der Waals surface area contributed by atoms with Crippen LogP contribution in [0, 0.1) is 11.8 Å². The third-order valence-electron chi connectivity index (χ3n) is 3.11. The van der Waals surface area contributed by atoms with Crippen LogP contribution in [0.2, 0.25) is 0 Å². The molecule has 0 aromatic heterocycles. The van der Waals surface area contributed by atoms with Crippen molar-refractivity contribution in [2.24, 2.45) is 11.8 Å². The van der Waals surface area contributed by atoms with Crippen molar-refractivity contribution >= 4 is 5.78 Å². The quantitative estimate of drug-likeness (QED) is 0.677. The Kier molecular flexibility index (Phi) is 3.26. The molecule has 0 bridgehead atoms. The van der Waals surface area contributed by atoms with Crippen molar-refractivity contribution in [3.63, 3.8) is 0 Å². The first kappa shape index (κ1) is 10.5. The Hall–Kier alpha value is -0.630. The van der Waals surface area contributed by atoms with Gasteiger partial charge >= 0.3 is 0 Å². The summed E-state index contributed by atoms with van der Waals surface area (Å²) >= 11 is 0. The lowest BCUT2D eigenvalue weighted by Gasteiger charge is -2.14. The van der Waals surface area contributed by atoms with Crippen LogP contribution in [0.15, 0.2) is 11.1 Å². The van der Waals surface area contributed by atoms with Gasteiger partial charge in [0.1, 0.15) is 5.78 Å². The summed E-state index contributed by atoms with van der Waals surface area (Å²) in [5.74, 6) is 0.0878. The van der Waals surface area contributed by atoms with Crippen LogP contribution >= 0.6 is 0 Å². The predicted molar refractivity (Wildman–Crippen MR) is 52.4 cm³/mol. The maximum Gasteiger partial charge on any atom is 0.145 e. The van der Waals surface area contributed by atoms with Gasteiger partial charge in [0.15, 0.2) is 0 Å². The number of hydrogen-bond donors (Lipinski definition) is 1. The molecule has 0 aromatic carbocycles. The standard InChI is InChI=1S/C11H18O2/c1-7-4-5-10(9(7)3)11(13)8(2)6-12/h8,10,12H,4-6H2,1-3H3. The molecule has 0 spiro atoms. The van der Waals surface area contributed by atoms with Gasteiger partial charge in [0.05, 0.1) is 6.61 Å². The van der Waals surface area contributed by atoms with Crippen molar-refractivity contribution in [2.75, 3.05) is 6.61 Å². The number of hydrogen-bond acceptors (Lipinski definition) is 2. The highest BCUT2D eigenvalue weighted by Gasteiger charge is 2.29. The van der Waals surface area contributed by atoms with Crippen LogP contribution in [0.4, 0.5) is 0 Å². The van der Waals surface area contributed by atoms with Crippen molar-refractivity contribution in [3.8, 4) is 0 Å². The van der Waals surface area contributed by atoms with Gasteiger partial charge in [-0.15, -0.1) is 0 Å². The molecule has 2 atom stereocenters. The molecule has 0 saturated heterocycles. The van der Waals surface area contributed by atoms with Crippen molar-refractivity contribution in [1.82, 2.24) is 0 Å². The van der Waals surface area contributed by atoms with Crippen molar-refractivity contribution in [3.05, 3.63) is 11.1 Å². The summed E-state index contributed by atoms with van der Waals surface area (Å²) in [6, 6.07) is 0. The summed E-state index contributed by atoms with van der Waals surface area (Å²) in [5, 5.41) is 8.88. The number of rotatable bonds is 3. The molecule has 2 nitrogen and oxygen atoms in total. The van der Waals surface area contributed by atoms with Gasteiger partial charge in [0.2, 0.25) is 0 Å². The molecule has 0 amide bonds. The van der Waals surface area contributed by atoms with Crippen LogP contribution in [-0.4, -0.2) is 17.5 Å². The minimum Gasteiger partial charge on any atom is -0.396 e. The molecule has 1 rings (SSSR count). The topological polar surface area (TPSA) is 37.3 Å². The zero-order valence-corrected chi connectivity index (χ0v) is 8.63. The normalized spacial score (nSPS) is 25.1. The lowest BCUT2D eigenvalue weighted by molar-refractivity contribution is -0.126. The number of carbonyl (C=O) groups excluding carboxylic acids is 1. The van der Waals surface area contributed by atoms with Gasteiger partial charge < -0.3 is 5.11 Å². The van der Waals surface area contributed by atoms with Crippen LogP contribution in [0.1, 0.15) is 33.6 Å². The molecule has 2 heteroatoms. The van der Waals surface area contributed by atoms with Crippen LogP contribution in [-0.2, 0) is 4.79 Å². The second-order valence-corrected chi connectivity index (χ2v) is 4.04. The smallest absolute Gasteiger partial charge is 0.145 e. The minimum atomic E-state index is -0.203. The first-order valence-electron chi connectivity index (χ1n) is 4.88. The first-order chi connectivity index (χ1) is 6.07. The summed E-state index contributed by atoms with van der Waals surface area (Å²) in [4.78, 5) is 11.7. The summed E-state index contributed by atoms with van der Waals surface area (Å²) in [6.07, 6.45) is 1.99. The fourth-order valence-corrected chi connectivity index (χ4v) is 1.86. The third kappa shape index (κ3) is 1.99. The molecular formula is C11H18O2. The Balaban J connectivity index is 2.70. The Labute approximate surface area is 79.6 Å². The Morgan fingerprint density at radius 1 is 1.62 bits per heavy atom. The molecule has 13 heavy (non-hydrogen) atoms. The second-order valence-electron chi connectivity index (χ2n) is 4.04. The van der Waals surface area contributed by atoms with Crippen LogP contribution in [0.5, 0.6) is 0 Å². The minimum absolute atomic E-state index is 0.0261. The molecular weight excluding hydrogens is 164 g/mol. The number of carbonyl (C=O) groups is 1. The van der Waals surface area contributed by atoms with Crippen LogP contribution < -0.4 is 0 Å². The zero-order valence-electron chi connectivity index (χ0n) is 8.63. The van der Waals surface area contributed by atoms with Crippen LogP contribution in [0.25, 0.3) is 0 Å². The number of Topliss-reactive ketones (excluding diaryl/α,β-unsaturated/α-hetero) is 1. The molecule has 0 saturated carbocycles. The van der Waals surface area contributed by atoms with E-state index in [2.05, 4.69) is 6.92 Å². The predicted octanol–water partition coefficient (Wildman–Crippen LogP) is 1.93. The monoisotopic (exact) mass is 182 g/mol. The summed E-state index contributed by atoms with van der Waals surface area (Å²) in [5.41, 5.74) is 2.58. The maximum atomic E-state index is 11.7. The fourth-order valence-electron chi connectivity index (χ4n) is 1.86. The van der Waals surface area contributed by atoms with Gasteiger partial charge in [0.25, 0.3) is 0 Å². The molecule has 0 aromatic rings. The van der Waals surface area contributed by atoms with Crippen molar-refractivity contribution < 1.29 is 9.90 Å². The van der Waals surface area contributed by atoms with Gasteiger partial charge in [-0.3, -0.25) is 4.79 Å². The molecule has 1 aliphatic carbocycles. The first-order valence-corrected chi connectivity index (χ1v) is 4.88. The maximum absolute atomic E-state index is 11.7. The van der Waals surface area contributed by atoms with E-state index in [1.807, 2.05) is 6.92 Å². The van der Waals surface area contributed by atoms with E-state index in [1.165, 1.54) is 11.1 Å². The molecule has 0 fully saturated rings. The number of ketones is 1. The van der Waals surface area contributed by atoms with E-state index in [9.17, 15) is 4.79 Å². The highest BCUT2D eigenvalue weighted by Crippen LogP contribution is 2.33. The van der Waals surface area contributed by atoms with Gasteiger partial charge in [0, 0.05) is 11.8 Å². The van der Waals surface area contributed by atoms with Gasteiger partial charge in [-0.1, -0.05) is 18.1 Å². The van der Waals surface area contributed by atoms with E-state index < -0.39 is 0 Å². The Morgan fingerprint density at radius 3 is 2.62 bits per heavy atom. The number of aliphatic hydroxyl groups excluding tert-OH is 1. The van der Waals surface area contributed by atoms with Crippen molar-refractivity contribution in [1.29, 1.82) is 0 Å². The Morgan fingerprint density at radius 2 is 2.23 bits per heavy atom. The highest BCUT2D eigenvalue weighted by molar-refractivity contribution is 5.86. The molecule has 1 aliphatic rings. The van der Waals surface area contributed by atoms with Crippen molar-refractivity contribution in [2.45, 2.75) is 33.6 Å². The van der Waals surface area contributed by atoms with Gasteiger partial charge in [-0.05, 0) is 26.7 Å². The lowest BCUT2D eigenvalue weighted by atomic mass is 9.90. The molecule has 1 N–H and O–H groups in total. The number of aliphatic hydroxyl groups is 1. The fraction of sp³-hybridized carbons (Fsp3) is 0.727. The van der Waals surface area contributed by atoms with Gasteiger partial charge in [-0.25, -0.2) is 0 Å². The van der Waals surface area contributed by atoms with E-state index in [4.69, 9.17) is 5.11 Å². The average Bonchev–Trinajstić information content (AvgIpc) is 2.45.